The zero-order chi connectivity index (χ0) is 15.4. The van der Waals surface area contributed by atoms with Gasteiger partial charge in [0.2, 0.25) is 0 Å². The van der Waals surface area contributed by atoms with Crippen molar-refractivity contribution in [2.24, 2.45) is 5.84 Å². The predicted molar refractivity (Wildman–Crippen MR) is 86.2 cm³/mol. The Morgan fingerprint density at radius 3 is 2.86 bits per heavy atom. The standard InChI is InChI=1S/C16H26N4O/c1-4-13-11-19(3)8-5-9-20(13)16(21)14-10-12(2)6-7-15(14)18-17/h6-7,10,13,18H,4-5,8-9,11,17H2,1-3H3. The molecular formula is C16H26N4O. The molecule has 1 aromatic carbocycles. The highest BCUT2D eigenvalue weighted by molar-refractivity contribution is 6.00. The average Bonchev–Trinajstić information content (AvgIpc) is 2.67. The van der Waals surface area contributed by atoms with Crippen LogP contribution in [0.15, 0.2) is 18.2 Å². The number of hydrazine groups is 1. The molecule has 1 saturated heterocycles. The van der Waals surface area contributed by atoms with E-state index in [1.165, 1.54) is 0 Å². The number of likely N-dealkylation sites (N-methyl/N-ethyl adjacent to an activating group) is 1. The van der Waals surface area contributed by atoms with Crippen LogP contribution in [0.1, 0.15) is 35.7 Å². The van der Waals surface area contributed by atoms with Crippen LogP contribution in [0.4, 0.5) is 5.69 Å². The van der Waals surface area contributed by atoms with Crippen molar-refractivity contribution >= 4 is 11.6 Å². The molecule has 1 aliphatic heterocycles. The fraction of sp³-hybridized carbons (Fsp3) is 0.562. The monoisotopic (exact) mass is 290 g/mol. The van der Waals surface area contributed by atoms with Crippen molar-refractivity contribution in [1.29, 1.82) is 0 Å². The minimum absolute atomic E-state index is 0.0776. The summed E-state index contributed by atoms with van der Waals surface area (Å²) in [5, 5.41) is 0. The van der Waals surface area contributed by atoms with E-state index in [1.54, 1.807) is 0 Å². The molecule has 1 aliphatic rings. The molecule has 0 bridgehead atoms. The van der Waals surface area contributed by atoms with E-state index in [4.69, 9.17) is 5.84 Å². The first-order chi connectivity index (χ1) is 10.1. The van der Waals surface area contributed by atoms with Crippen LogP contribution in [0, 0.1) is 6.92 Å². The number of benzene rings is 1. The van der Waals surface area contributed by atoms with Gasteiger partial charge in [0.25, 0.3) is 5.91 Å². The zero-order valence-electron chi connectivity index (χ0n) is 13.2. The Balaban J connectivity index is 2.31. The summed E-state index contributed by atoms with van der Waals surface area (Å²) < 4.78 is 0. The normalized spacial score (nSPS) is 20.2. The van der Waals surface area contributed by atoms with Gasteiger partial charge in [-0.05, 0) is 45.5 Å². The third-order valence-corrected chi connectivity index (χ3v) is 4.20. The lowest BCUT2D eigenvalue weighted by Crippen LogP contribution is -2.43. The molecule has 0 saturated carbocycles. The molecule has 116 valence electrons. The molecule has 0 aliphatic carbocycles. The number of nitrogens with one attached hydrogen (secondary N) is 1. The number of amides is 1. The van der Waals surface area contributed by atoms with E-state index in [9.17, 15) is 4.79 Å². The minimum atomic E-state index is 0.0776. The van der Waals surface area contributed by atoms with Gasteiger partial charge in [0.1, 0.15) is 0 Å². The van der Waals surface area contributed by atoms with Crippen LogP contribution >= 0.6 is 0 Å². The molecule has 1 atom stereocenters. The first kappa shape index (κ1) is 15.8. The van der Waals surface area contributed by atoms with Crippen LogP contribution in [-0.4, -0.2) is 48.4 Å². The maximum Gasteiger partial charge on any atom is 0.256 e. The Bertz CT molecular complexity index is 503. The summed E-state index contributed by atoms with van der Waals surface area (Å²) in [6.07, 6.45) is 1.98. The van der Waals surface area contributed by atoms with Crippen LogP contribution in [0.5, 0.6) is 0 Å². The zero-order valence-corrected chi connectivity index (χ0v) is 13.2. The van der Waals surface area contributed by atoms with Crippen molar-refractivity contribution < 1.29 is 4.79 Å². The summed E-state index contributed by atoms with van der Waals surface area (Å²) in [6.45, 7) is 6.90. The number of anilines is 1. The fourth-order valence-corrected chi connectivity index (χ4v) is 2.98. The van der Waals surface area contributed by atoms with Crippen molar-refractivity contribution in [3.05, 3.63) is 29.3 Å². The predicted octanol–water partition coefficient (Wildman–Crippen LogP) is 1.84. The molecule has 0 spiro atoms. The van der Waals surface area contributed by atoms with E-state index in [0.717, 1.165) is 38.0 Å². The molecule has 0 aromatic heterocycles. The Morgan fingerprint density at radius 1 is 1.43 bits per heavy atom. The van der Waals surface area contributed by atoms with E-state index in [0.29, 0.717) is 11.3 Å². The number of rotatable bonds is 3. The summed E-state index contributed by atoms with van der Waals surface area (Å²) in [7, 11) is 2.12. The number of carbonyl (C=O) groups excluding carboxylic acids is 1. The van der Waals surface area contributed by atoms with Crippen LogP contribution in [0.2, 0.25) is 0 Å². The molecule has 1 aromatic rings. The number of nitrogens with zero attached hydrogens (tertiary/aromatic N) is 2. The number of aryl methyl sites for hydroxylation is 1. The van der Waals surface area contributed by atoms with Crippen molar-refractivity contribution in [2.75, 3.05) is 32.1 Å². The van der Waals surface area contributed by atoms with Gasteiger partial charge in [-0.3, -0.25) is 10.6 Å². The van der Waals surface area contributed by atoms with Gasteiger partial charge in [0.05, 0.1) is 11.3 Å². The first-order valence-corrected chi connectivity index (χ1v) is 7.63. The van der Waals surface area contributed by atoms with Gasteiger partial charge in [-0.25, -0.2) is 0 Å². The Labute approximate surface area is 127 Å². The third-order valence-electron chi connectivity index (χ3n) is 4.20. The molecule has 1 unspecified atom stereocenters. The lowest BCUT2D eigenvalue weighted by atomic mass is 10.1. The Kier molecular flexibility index (Phi) is 5.20. The van der Waals surface area contributed by atoms with Gasteiger partial charge < -0.3 is 15.2 Å². The summed E-state index contributed by atoms with van der Waals surface area (Å²) in [5.41, 5.74) is 5.07. The average molecular weight is 290 g/mol. The van der Waals surface area contributed by atoms with Gasteiger partial charge in [-0.2, -0.15) is 0 Å². The van der Waals surface area contributed by atoms with Crippen LogP contribution in [0.3, 0.4) is 0 Å². The Morgan fingerprint density at radius 2 is 2.19 bits per heavy atom. The number of carbonyl (C=O) groups is 1. The molecule has 1 heterocycles. The molecule has 3 N–H and O–H groups in total. The van der Waals surface area contributed by atoms with Crippen LogP contribution in [-0.2, 0) is 0 Å². The van der Waals surface area contributed by atoms with Crippen molar-refractivity contribution in [1.82, 2.24) is 9.80 Å². The first-order valence-electron chi connectivity index (χ1n) is 7.63. The highest BCUT2D eigenvalue weighted by atomic mass is 16.2. The lowest BCUT2D eigenvalue weighted by molar-refractivity contribution is 0.0676. The van der Waals surface area contributed by atoms with Crippen LogP contribution < -0.4 is 11.3 Å². The van der Waals surface area contributed by atoms with Gasteiger partial charge >= 0.3 is 0 Å². The lowest BCUT2D eigenvalue weighted by Gasteiger charge is -2.31. The summed E-state index contributed by atoms with van der Waals surface area (Å²) in [5.74, 6) is 5.64. The molecule has 21 heavy (non-hydrogen) atoms. The second-order valence-electron chi connectivity index (χ2n) is 5.87. The SMILES string of the molecule is CCC1CN(C)CCCN1C(=O)c1cc(C)ccc1NN. The van der Waals surface area contributed by atoms with Crippen molar-refractivity contribution in [3.63, 3.8) is 0 Å². The second-order valence-corrected chi connectivity index (χ2v) is 5.87. The molecule has 5 nitrogen and oxygen atoms in total. The van der Waals surface area contributed by atoms with Gasteiger partial charge in [-0.15, -0.1) is 0 Å². The molecular weight excluding hydrogens is 264 g/mol. The minimum Gasteiger partial charge on any atom is -0.334 e. The molecule has 5 heteroatoms. The molecule has 2 rings (SSSR count). The topological polar surface area (TPSA) is 61.6 Å². The summed E-state index contributed by atoms with van der Waals surface area (Å²) >= 11 is 0. The fourth-order valence-electron chi connectivity index (χ4n) is 2.98. The van der Waals surface area contributed by atoms with E-state index in [-0.39, 0.29) is 11.9 Å². The van der Waals surface area contributed by atoms with Gasteiger partial charge in [-0.1, -0.05) is 18.6 Å². The number of hydrogen-bond donors (Lipinski definition) is 2. The number of hydrogen-bond acceptors (Lipinski definition) is 4. The largest absolute Gasteiger partial charge is 0.334 e. The molecule has 1 amide bonds. The third kappa shape index (κ3) is 3.54. The molecule has 1 fully saturated rings. The quantitative estimate of drug-likeness (QED) is 0.658. The maximum atomic E-state index is 13.0. The number of nitrogen functional groups attached to an aromatic ring is 1. The van der Waals surface area contributed by atoms with E-state index in [2.05, 4.69) is 24.3 Å². The van der Waals surface area contributed by atoms with Gasteiger partial charge in [0, 0.05) is 19.1 Å². The van der Waals surface area contributed by atoms with E-state index in [1.807, 2.05) is 30.0 Å². The highest BCUT2D eigenvalue weighted by Gasteiger charge is 2.28. The van der Waals surface area contributed by atoms with E-state index < -0.39 is 0 Å². The van der Waals surface area contributed by atoms with Crippen molar-refractivity contribution in [2.45, 2.75) is 32.7 Å². The van der Waals surface area contributed by atoms with E-state index >= 15 is 0 Å². The summed E-state index contributed by atoms with van der Waals surface area (Å²) in [4.78, 5) is 17.3. The smallest absolute Gasteiger partial charge is 0.256 e. The highest BCUT2D eigenvalue weighted by Crippen LogP contribution is 2.22. The van der Waals surface area contributed by atoms with Gasteiger partial charge in [0.15, 0.2) is 0 Å². The van der Waals surface area contributed by atoms with Crippen molar-refractivity contribution in [3.8, 4) is 0 Å². The Hall–Kier alpha value is -1.59. The summed E-state index contributed by atoms with van der Waals surface area (Å²) in [6, 6.07) is 6.00. The maximum absolute atomic E-state index is 13.0. The molecule has 0 radical (unpaired) electrons. The second kappa shape index (κ2) is 6.91. The number of nitrogens with two attached hydrogens (primary N) is 1. The van der Waals surface area contributed by atoms with Crippen LogP contribution in [0.25, 0.3) is 0 Å².